The highest BCUT2D eigenvalue weighted by Gasteiger charge is 2.14. The fourth-order valence-electron chi connectivity index (χ4n) is 1.48. The number of nitrogens with one attached hydrogen (secondary N) is 1. The summed E-state index contributed by atoms with van der Waals surface area (Å²) in [6.45, 7) is 3.67. The molecule has 0 aromatic heterocycles. The Hall–Kier alpha value is -1.75. The van der Waals surface area contributed by atoms with Crippen LogP contribution < -0.4 is 14.8 Å². The zero-order valence-electron chi connectivity index (χ0n) is 11.6. The van der Waals surface area contributed by atoms with E-state index in [1.54, 1.807) is 19.2 Å². The first kappa shape index (κ1) is 15.3. The molecule has 0 fully saturated rings. The van der Waals surface area contributed by atoms with E-state index in [1.807, 2.05) is 26.0 Å². The number of amides is 1. The van der Waals surface area contributed by atoms with E-state index in [1.165, 1.54) is 0 Å². The van der Waals surface area contributed by atoms with Crippen molar-refractivity contribution in [1.29, 1.82) is 0 Å². The van der Waals surface area contributed by atoms with E-state index >= 15 is 0 Å². The molecular formula is C14H21NO4. The molecule has 2 atom stereocenters. The minimum atomic E-state index is -0.223. The molecule has 0 aliphatic rings. The Morgan fingerprint density at radius 2 is 1.95 bits per heavy atom. The van der Waals surface area contributed by atoms with E-state index < -0.39 is 0 Å². The van der Waals surface area contributed by atoms with E-state index in [0.717, 1.165) is 0 Å². The number of carbonyl (C=O) groups excluding carboxylic acids is 1. The lowest BCUT2D eigenvalue weighted by Crippen LogP contribution is -2.40. The molecule has 0 heterocycles. The van der Waals surface area contributed by atoms with Crippen LogP contribution in [0.1, 0.15) is 13.8 Å². The average molecular weight is 267 g/mol. The third kappa shape index (κ3) is 4.79. The Labute approximate surface area is 113 Å². The molecule has 1 aromatic rings. The number of aliphatic hydroxyl groups excluding tert-OH is 1. The van der Waals surface area contributed by atoms with Gasteiger partial charge in [-0.1, -0.05) is 19.1 Å². The summed E-state index contributed by atoms with van der Waals surface area (Å²) in [5.74, 6) is 0.906. The summed E-state index contributed by atoms with van der Waals surface area (Å²) in [5.41, 5.74) is 0. The Morgan fingerprint density at radius 3 is 2.53 bits per heavy atom. The molecule has 0 aliphatic carbocycles. The molecule has 1 aromatic carbocycles. The molecule has 0 saturated carbocycles. The Bertz CT molecular complexity index is 408. The summed E-state index contributed by atoms with van der Waals surface area (Å²) in [4.78, 5) is 11.7. The largest absolute Gasteiger partial charge is 0.493 e. The molecule has 0 radical (unpaired) electrons. The summed E-state index contributed by atoms with van der Waals surface area (Å²) < 4.78 is 10.5. The summed E-state index contributed by atoms with van der Waals surface area (Å²) >= 11 is 0. The van der Waals surface area contributed by atoms with Crippen LogP contribution in [0.2, 0.25) is 0 Å². The average Bonchev–Trinajstić information content (AvgIpc) is 2.44. The van der Waals surface area contributed by atoms with E-state index in [9.17, 15) is 4.79 Å². The minimum absolute atomic E-state index is 0.00945. The lowest BCUT2D eigenvalue weighted by molar-refractivity contribution is -0.124. The molecule has 0 spiro atoms. The second kappa shape index (κ2) is 7.63. The van der Waals surface area contributed by atoms with Gasteiger partial charge in [-0.25, -0.2) is 0 Å². The third-order valence-electron chi connectivity index (χ3n) is 2.96. The molecule has 0 aliphatic heterocycles. The Morgan fingerprint density at radius 1 is 1.32 bits per heavy atom. The molecule has 2 unspecified atom stereocenters. The van der Waals surface area contributed by atoms with Crippen LogP contribution in [0.5, 0.6) is 11.5 Å². The molecular weight excluding hydrogens is 246 g/mol. The molecule has 19 heavy (non-hydrogen) atoms. The molecule has 5 heteroatoms. The van der Waals surface area contributed by atoms with Crippen LogP contribution >= 0.6 is 0 Å². The van der Waals surface area contributed by atoms with Crippen LogP contribution in [-0.4, -0.2) is 37.4 Å². The summed E-state index contributed by atoms with van der Waals surface area (Å²) in [5, 5.41) is 11.8. The number of para-hydroxylation sites is 2. The Balaban J connectivity index is 2.46. The standard InChI is InChI=1S/C14H21NO4/c1-10(8-16)11(2)15-14(17)9-19-13-7-5-4-6-12(13)18-3/h4-7,10-11,16H,8-9H2,1-3H3,(H,15,17). The molecule has 0 saturated heterocycles. The number of methoxy groups -OCH3 is 1. The van der Waals surface area contributed by atoms with Crippen molar-refractivity contribution in [3.8, 4) is 11.5 Å². The lowest BCUT2D eigenvalue weighted by Gasteiger charge is -2.19. The highest BCUT2D eigenvalue weighted by Crippen LogP contribution is 2.25. The van der Waals surface area contributed by atoms with Gasteiger partial charge in [0.2, 0.25) is 0 Å². The summed E-state index contributed by atoms with van der Waals surface area (Å²) in [7, 11) is 1.55. The first-order chi connectivity index (χ1) is 9.08. The van der Waals surface area contributed by atoms with Gasteiger partial charge in [-0.2, -0.15) is 0 Å². The van der Waals surface area contributed by atoms with Crippen molar-refractivity contribution in [2.75, 3.05) is 20.3 Å². The Kier molecular flexibility index (Phi) is 6.15. The van der Waals surface area contributed by atoms with E-state index in [0.29, 0.717) is 11.5 Å². The predicted octanol–water partition coefficient (Wildman–Crippen LogP) is 1.21. The number of hydrogen-bond donors (Lipinski definition) is 2. The van der Waals surface area contributed by atoms with Crippen molar-refractivity contribution in [2.45, 2.75) is 19.9 Å². The van der Waals surface area contributed by atoms with Gasteiger partial charge in [0.25, 0.3) is 5.91 Å². The summed E-state index contributed by atoms with van der Waals surface area (Å²) in [6.07, 6.45) is 0. The van der Waals surface area contributed by atoms with Gasteiger partial charge in [0.05, 0.1) is 7.11 Å². The zero-order valence-corrected chi connectivity index (χ0v) is 11.6. The topological polar surface area (TPSA) is 67.8 Å². The van der Waals surface area contributed by atoms with Crippen LogP contribution in [0.4, 0.5) is 0 Å². The monoisotopic (exact) mass is 267 g/mol. The summed E-state index contributed by atoms with van der Waals surface area (Å²) in [6, 6.07) is 7.05. The minimum Gasteiger partial charge on any atom is -0.493 e. The number of ether oxygens (including phenoxy) is 2. The SMILES string of the molecule is COc1ccccc1OCC(=O)NC(C)C(C)CO. The quantitative estimate of drug-likeness (QED) is 0.779. The molecule has 2 N–H and O–H groups in total. The number of aliphatic hydroxyl groups is 1. The highest BCUT2D eigenvalue weighted by atomic mass is 16.5. The van der Waals surface area contributed by atoms with Crippen LogP contribution in [0.15, 0.2) is 24.3 Å². The van der Waals surface area contributed by atoms with Gasteiger partial charge < -0.3 is 19.9 Å². The van der Waals surface area contributed by atoms with Gasteiger partial charge >= 0.3 is 0 Å². The molecule has 5 nitrogen and oxygen atoms in total. The van der Waals surface area contributed by atoms with Gasteiger partial charge in [-0.3, -0.25) is 4.79 Å². The zero-order chi connectivity index (χ0) is 14.3. The van der Waals surface area contributed by atoms with Crippen LogP contribution in [-0.2, 0) is 4.79 Å². The van der Waals surface area contributed by atoms with E-state index in [2.05, 4.69) is 5.32 Å². The highest BCUT2D eigenvalue weighted by molar-refractivity contribution is 5.77. The predicted molar refractivity (Wildman–Crippen MR) is 72.3 cm³/mol. The van der Waals surface area contributed by atoms with Crippen molar-refractivity contribution in [2.24, 2.45) is 5.92 Å². The van der Waals surface area contributed by atoms with Crippen molar-refractivity contribution in [3.63, 3.8) is 0 Å². The van der Waals surface area contributed by atoms with Crippen LogP contribution in [0.3, 0.4) is 0 Å². The molecule has 1 amide bonds. The number of carbonyl (C=O) groups is 1. The van der Waals surface area contributed by atoms with Crippen LogP contribution in [0, 0.1) is 5.92 Å². The smallest absolute Gasteiger partial charge is 0.258 e. The van der Waals surface area contributed by atoms with Gasteiger partial charge in [0, 0.05) is 12.6 Å². The van der Waals surface area contributed by atoms with Gasteiger partial charge in [-0.05, 0) is 25.0 Å². The van der Waals surface area contributed by atoms with E-state index in [4.69, 9.17) is 14.6 Å². The van der Waals surface area contributed by atoms with Crippen LogP contribution in [0.25, 0.3) is 0 Å². The van der Waals surface area contributed by atoms with Crippen molar-refractivity contribution in [3.05, 3.63) is 24.3 Å². The lowest BCUT2D eigenvalue weighted by atomic mass is 10.1. The molecule has 0 bridgehead atoms. The van der Waals surface area contributed by atoms with Gasteiger partial charge in [0.1, 0.15) is 0 Å². The van der Waals surface area contributed by atoms with Crippen molar-refractivity contribution < 1.29 is 19.4 Å². The molecule has 1 rings (SSSR count). The molecule has 106 valence electrons. The number of benzene rings is 1. The normalized spacial score (nSPS) is 13.5. The maximum Gasteiger partial charge on any atom is 0.258 e. The first-order valence-corrected chi connectivity index (χ1v) is 6.24. The second-order valence-corrected chi connectivity index (χ2v) is 4.46. The fourth-order valence-corrected chi connectivity index (χ4v) is 1.48. The van der Waals surface area contributed by atoms with Crippen molar-refractivity contribution >= 4 is 5.91 Å². The second-order valence-electron chi connectivity index (χ2n) is 4.46. The first-order valence-electron chi connectivity index (χ1n) is 6.24. The number of rotatable bonds is 7. The van der Waals surface area contributed by atoms with Gasteiger partial charge in [0.15, 0.2) is 18.1 Å². The fraction of sp³-hybridized carbons (Fsp3) is 0.500. The maximum absolute atomic E-state index is 11.7. The van der Waals surface area contributed by atoms with Crippen molar-refractivity contribution in [1.82, 2.24) is 5.32 Å². The maximum atomic E-state index is 11.7. The van der Waals surface area contributed by atoms with Gasteiger partial charge in [-0.15, -0.1) is 0 Å². The van der Waals surface area contributed by atoms with E-state index in [-0.39, 0.29) is 31.1 Å². The number of hydrogen-bond acceptors (Lipinski definition) is 4. The third-order valence-corrected chi connectivity index (χ3v) is 2.96.